The molecule has 0 unspecified atom stereocenters. The van der Waals surface area contributed by atoms with Crippen LogP contribution in [0.1, 0.15) is 62.6 Å². The fraction of sp³-hybridized carbons (Fsp3) is 0.588. The lowest BCUT2D eigenvalue weighted by Crippen LogP contribution is -2.05. The van der Waals surface area contributed by atoms with Crippen LogP contribution in [0.15, 0.2) is 12.1 Å². The van der Waals surface area contributed by atoms with E-state index in [1.807, 2.05) is 0 Å². The third-order valence-electron chi connectivity index (χ3n) is 3.49. The van der Waals surface area contributed by atoms with E-state index in [1.165, 1.54) is 0 Å². The zero-order valence-corrected chi connectivity index (χ0v) is 12.5. The molecule has 1 aromatic rings. The van der Waals surface area contributed by atoms with Gasteiger partial charge in [0.1, 0.15) is 5.82 Å². The average Bonchev–Trinajstić information content (AvgIpc) is 2.40. The molecule has 0 bridgehead atoms. The molecule has 0 amide bonds. The van der Waals surface area contributed by atoms with Crippen LogP contribution in [0, 0.1) is 5.82 Å². The van der Waals surface area contributed by atoms with Gasteiger partial charge in [0.15, 0.2) is 0 Å². The van der Waals surface area contributed by atoms with Crippen LogP contribution in [-0.4, -0.2) is 11.1 Å². The van der Waals surface area contributed by atoms with Crippen molar-refractivity contribution in [3.8, 4) is 0 Å². The topological polar surface area (TPSA) is 37.3 Å². The number of carboxylic acid groups (broad SMARTS) is 1. The van der Waals surface area contributed by atoms with Gasteiger partial charge in [-0.1, -0.05) is 45.2 Å². The normalized spacial score (nSPS) is 10.8. The number of carboxylic acids is 1. The Labute approximate surface area is 121 Å². The average molecular weight is 280 g/mol. The molecular formula is C17H25FO2. The first kappa shape index (κ1) is 16.7. The van der Waals surface area contributed by atoms with Gasteiger partial charge in [-0.25, -0.2) is 4.39 Å². The summed E-state index contributed by atoms with van der Waals surface area (Å²) in [5, 5.41) is 8.91. The van der Waals surface area contributed by atoms with Crippen LogP contribution in [0.5, 0.6) is 0 Å². The number of aryl methyl sites for hydroxylation is 2. The Morgan fingerprint density at radius 1 is 1.05 bits per heavy atom. The van der Waals surface area contributed by atoms with Gasteiger partial charge < -0.3 is 5.11 Å². The van der Waals surface area contributed by atoms with E-state index < -0.39 is 5.97 Å². The van der Waals surface area contributed by atoms with E-state index in [9.17, 15) is 9.18 Å². The number of hydrogen-bond acceptors (Lipinski definition) is 1. The van der Waals surface area contributed by atoms with Gasteiger partial charge in [0.25, 0.3) is 0 Å². The summed E-state index contributed by atoms with van der Waals surface area (Å²) < 4.78 is 14.4. The molecule has 0 aliphatic heterocycles. The molecule has 3 heteroatoms. The van der Waals surface area contributed by atoms with Crippen molar-refractivity contribution in [2.75, 3.05) is 0 Å². The quantitative estimate of drug-likeness (QED) is 0.675. The van der Waals surface area contributed by atoms with Crippen LogP contribution < -0.4 is 0 Å². The second kappa shape index (κ2) is 8.72. The van der Waals surface area contributed by atoms with E-state index in [0.29, 0.717) is 24.0 Å². The van der Waals surface area contributed by atoms with Gasteiger partial charge >= 0.3 is 5.97 Å². The molecule has 1 rings (SSSR count). The van der Waals surface area contributed by atoms with Crippen LogP contribution in [0.25, 0.3) is 0 Å². The van der Waals surface area contributed by atoms with Crippen molar-refractivity contribution in [1.29, 1.82) is 0 Å². The molecule has 1 N–H and O–H groups in total. The summed E-state index contributed by atoms with van der Waals surface area (Å²) in [4.78, 5) is 10.9. The number of carbonyl (C=O) groups is 1. The first-order chi connectivity index (χ1) is 9.58. The lowest BCUT2D eigenvalue weighted by atomic mass is 9.96. The van der Waals surface area contributed by atoms with Crippen molar-refractivity contribution in [2.24, 2.45) is 0 Å². The number of hydrogen-bond donors (Lipinski definition) is 1. The Bertz CT molecular complexity index is 441. The van der Waals surface area contributed by atoms with Crippen LogP contribution >= 0.6 is 0 Å². The Kier molecular flexibility index (Phi) is 7.27. The number of unbranched alkanes of at least 4 members (excludes halogenated alkanes) is 3. The minimum absolute atomic E-state index is 0.0276. The van der Waals surface area contributed by atoms with Crippen molar-refractivity contribution < 1.29 is 14.3 Å². The highest BCUT2D eigenvalue weighted by molar-refractivity contribution is 5.70. The summed E-state index contributed by atoms with van der Waals surface area (Å²) in [6.07, 6.45) is 6.43. The van der Waals surface area contributed by atoms with E-state index in [1.54, 1.807) is 12.1 Å². The molecule has 1 aromatic carbocycles. The van der Waals surface area contributed by atoms with Crippen LogP contribution in [0.4, 0.5) is 4.39 Å². The van der Waals surface area contributed by atoms with Crippen molar-refractivity contribution in [3.05, 3.63) is 34.6 Å². The fourth-order valence-electron chi connectivity index (χ4n) is 2.40. The Balaban J connectivity index is 2.96. The molecule has 112 valence electrons. The SMILES string of the molecule is CCCCCc1cc(CC(=O)O)cc(CCCC)c1F. The molecule has 0 radical (unpaired) electrons. The maximum atomic E-state index is 14.4. The summed E-state index contributed by atoms with van der Waals surface area (Å²) >= 11 is 0. The Morgan fingerprint density at radius 2 is 1.60 bits per heavy atom. The first-order valence-corrected chi connectivity index (χ1v) is 7.60. The molecule has 0 aliphatic carbocycles. The number of benzene rings is 1. The summed E-state index contributed by atoms with van der Waals surface area (Å²) in [6, 6.07) is 3.46. The summed E-state index contributed by atoms with van der Waals surface area (Å²) in [5.41, 5.74) is 2.08. The third-order valence-corrected chi connectivity index (χ3v) is 3.49. The molecule has 0 aliphatic rings. The minimum Gasteiger partial charge on any atom is -0.481 e. The van der Waals surface area contributed by atoms with Gasteiger partial charge in [-0.05, 0) is 42.4 Å². The van der Waals surface area contributed by atoms with Gasteiger partial charge in [0.2, 0.25) is 0 Å². The highest BCUT2D eigenvalue weighted by atomic mass is 19.1. The van der Waals surface area contributed by atoms with Crippen LogP contribution in [0.3, 0.4) is 0 Å². The van der Waals surface area contributed by atoms with E-state index in [-0.39, 0.29) is 12.2 Å². The van der Waals surface area contributed by atoms with Crippen molar-refractivity contribution in [1.82, 2.24) is 0 Å². The molecule has 0 spiro atoms. The molecule has 0 saturated carbocycles. The van der Waals surface area contributed by atoms with Gasteiger partial charge in [0, 0.05) is 0 Å². The van der Waals surface area contributed by atoms with Crippen molar-refractivity contribution in [2.45, 2.75) is 65.2 Å². The van der Waals surface area contributed by atoms with Crippen molar-refractivity contribution in [3.63, 3.8) is 0 Å². The Hall–Kier alpha value is -1.38. The maximum absolute atomic E-state index is 14.4. The maximum Gasteiger partial charge on any atom is 0.307 e. The highest BCUT2D eigenvalue weighted by Gasteiger charge is 2.12. The van der Waals surface area contributed by atoms with Gasteiger partial charge in [-0.3, -0.25) is 4.79 Å². The second-order valence-corrected chi connectivity index (χ2v) is 5.36. The predicted molar refractivity (Wildman–Crippen MR) is 79.6 cm³/mol. The standard InChI is InChI=1S/C17H25FO2/c1-3-5-7-9-15-11-13(12-16(19)20)10-14(17(15)18)8-6-4-2/h10-11H,3-9,12H2,1-2H3,(H,19,20). The molecule has 0 fully saturated rings. The fourth-order valence-corrected chi connectivity index (χ4v) is 2.40. The molecule has 0 heterocycles. The van der Waals surface area contributed by atoms with E-state index >= 15 is 0 Å². The zero-order chi connectivity index (χ0) is 15.0. The first-order valence-electron chi connectivity index (χ1n) is 7.60. The van der Waals surface area contributed by atoms with E-state index in [2.05, 4.69) is 13.8 Å². The third kappa shape index (κ3) is 5.32. The summed E-state index contributed by atoms with van der Waals surface area (Å²) in [7, 11) is 0. The molecule has 0 saturated heterocycles. The van der Waals surface area contributed by atoms with Crippen LogP contribution in [-0.2, 0) is 24.1 Å². The minimum atomic E-state index is -0.863. The molecule has 2 nitrogen and oxygen atoms in total. The van der Waals surface area contributed by atoms with Crippen LogP contribution in [0.2, 0.25) is 0 Å². The summed E-state index contributed by atoms with van der Waals surface area (Å²) in [6.45, 7) is 4.19. The van der Waals surface area contributed by atoms with Crippen molar-refractivity contribution >= 4 is 5.97 Å². The Morgan fingerprint density at radius 3 is 2.10 bits per heavy atom. The van der Waals surface area contributed by atoms with E-state index in [0.717, 1.165) is 37.7 Å². The molecular weight excluding hydrogens is 255 g/mol. The number of aliphatic carboxylic acids is 1. The van der Waals surface area contributed by atoms with Gasteiger partial charge in [-0.15, -0.1) is 0 Å². The summed E-state index contributed by atoms with van der Waals surface area (Å²) in [5.74, 6) is -0.985. The smallest absolute Gasteiger partial charge is 0.307 e. The number of rotatable bonds is 9. The largest absolute Gasteiger partial charge is 0.481 e. The highest BCUT2D eigenvalue weighted by Crippen LogP contribution is 2.21. The van der Waals surface area contributed by atoms with E-state index in [4.69, 9.17) is 5.11 Å². The van der Waals surface area contributed by atoms with Gasteiger partial charge in [-0.2, -0.15) is 0 Å². The predicted octanol–water partition coefficient (Wildman–Crippen LogP) is 4.53. The van der Waals surface area contributed by atoms with Gasteiger partial charge in [0.05, 0.1) is 6.42 Å². The molecule has 0 atom stereocenters. The number of halogens is 1. The zero-order valence-electron chi connectivity index (χ0n) is 12.5. The lowest BCUT2D eigenvalue weighted by molar-refractivity contribution is -0.136. The monoisotopic (exact) mass is 280 g/mol. The molecule has 20 heavy (non-hydrogen) atoms. The lowest BCUT2D eigenvalue weighted by Gasteiger charge is -2.11. The second-order valence-electron chi connectivity index (χ2n) is 5.36. The molecule has 0 aromatic heterocycles.